The zero-order valence-corrected chi connectivity index (χ0v) is 52.6. The first-order chi connectivity index (χ1) is 35.6. The maximum atomic E-state index is 12.3. The first-order valence-corrected chi connectivity index (χ1v) is 31.7. The minimum Gasteiger partial charge on any atom is -0.446 e. The van der Waals surface area contributed by atoms with Crippen LogP contribution in [0.25, 0.3) is 0 Å². The smallest absolute Gasteiger partial charge is 0.325 e. The van der Waals surface area contributed by atoms with Gasteiger partial charge in [0.1, 0.15) is 0 Å². The number of unbranched alkanes of at least 4 members (excludes halogenated alkanes) is 28. The second-order valence-corrected chi connectivity index (χ2v) is 19.0. The standard InChI is InChI=1S/C29H55NO6.C9H20.C9H18.C9H16.2C4H10.C2H6/c1-4-7-10-13-16-19-22-27(31)34-25-30(36-29(33)24-21-18-15-12-9-6-3)26-35-28(32)23-20-17-14-11-8-5-2;3*1-3-5-7-9-8-6-4-2;2*1-3-4-2;1-2/h4-26H2,1-3H3;3-9H2,1-2H3;3,5H,4,6-9H2,1-2H3;3,5,8-9H,4,6-7H2,1-2H3;2*3-4H2,1-2H3;1-2H3. The molecule has 0 heterocycles. The van der Waals surface area contributed by atoms with Gasteiger partial charge in [0, 0.05) is 19.3 Å². The van der Waals surface area contributed by atoms with Gasteiger partial charge in [0.15, 0.2) is 13.5 Å². The first kappa shape index (κ1) is 84.5. The highest BCUT2D eigenvalue weighted by atomic mass is 16.8. The number of hydroxylamine groups is 2. The van der Waals surface area contributed by atoms with E-state index < -0.39 is 5.97 Å². The molecule has 0 radical (unpaired) electrons. The maximum Gasteiger partial charge on any atom is 0.325 e. The lowest BCUT2D eigenvalue weighted by molar-refractivity contribution is -0.238. The van der Waals surface area contributed by atoms with Crippen LogP contribution in [0.3, 0.4) is 0 Å². The molecule has 0 unspecified atom stereocenters. The van der Waals surface area contributed by atoms with E-state index in [0.29, 0.717) is 19.3 Å². The lowest BCUT2D eigenvalue weighted by Gasteiger charge is -2.20. The van der Waals surface area contributed by atoms with Crippen LogP contribution in [0, 0.1) is 0 Å². The van der Waals surface area contributed by atoms with Gasteiger partial charge in [-0.2, -0.15) is 0 Å². The van der Waals surface area contributed by atoms with E-state index in [1.54, 1.807) is 0 Å². The molecule has 0 aromatic carbocycles. The molecule has 0 rings (SSSR count). The summed E-state index contributed by atoms with van der Waals surface area (Å²) in [4.78, 5) is 41.9. The molecule has 0 aliphatic rings. The van der Waals surface area contributed by atoms with Gasteiger partial charge in [-0.3, -0.25) is 14.4 Å². The predicted molar refractivity (Wildman–Crippen MR) is 327 cm³/mol. The lowest BCUT2D eigenvalue weighted by atomic mass is 10.1. The van der Waals surface area contributed by atoms with Crippen LogP contribution in [0.15, 0.2) is 36.5 Å². The molecule has 0 spiro atoms. The van der Waals surface area contributed by atoms with Gasteiger partial charge in [0.05, 0.1) is 0 Å². The number of allylic oxidation sites excluding steroid dienone is 6. The van der Waals surface area contributed by atoms with Crippen molar-refractivity contribution >= 4 is 17.9 Å². The third kappa shape index (κ3) is 103. The van der Waals surface area contributed by atoms with Gasteiger partial charge in [-0.1, -0.05) is 324 Å². The average molecular weight is 1040 g/mol. The minimum atomic E-state index is -0.399. The maximum absolute atomic E-state index is 12.3. The second kappa shape index (κ2) is 89.2. The highest BCUT2D eigenvalue weighted by molar-refractivity contribution is 5.70. The number of carbonyl (C=O) groups excluding carboxylic acids is 3. The van der Waals surface area contributed by atoms with Crippen LogP contribution < -0.4 is 0 Å². The Morgan fingerprint density at radius 1 is 0.315 bits per heavy atom. The fraction of sp³-hybridized carbons (Fsp3) is 0.864. The van der Waals surface area contributed by atoms with Gasteiger partial charge >= 0.3 is 17.9 Å². The molecule has 0 saturated carbocycles. The third-order valence-electron chi connectivity index (χ3n) is 11.5. The number of esters is 2. The van der Waals surface area contributed by atoms with Crippen molar-refractivity contribution in [2.45, 2.75) is 361 Å². The number of hydrogen-bond donors (Lipinski definition) is 0. The van der Waals surface area contributed by atoms with E-state index in [0.717, 1.165) is 69.3 Å². The molecule has 0 bridgehead atoms. The molecule has 73 heavy (non-hydrogen) atoms. The Labute approximate surface area is 460 Å². The van der Waals surface area contributed by atoms with Crippen LogP contribution in [0.5, 0.6) is 0 Å². The SMILES string of the molecule is CC.CC=CCC=CCCC.CC=CCCCCCC.CCCC.CCCC.CCCCCCCCC.CCCCCCCCC(=O)OCN(COC(=O)CCCCCCCC)OC(=O)CCCCCCCC. The van der Waals surface area contributed by atoms with Gasteiger partial charge in [-0.25, -0.2) is 0 Å². The Bertz CT molecular complexity index is 994. The average Bonchev–Trinajstić information content (AvgIpc) is 3.41. The topological polar surface area (TPSA) is 82.1 Å². The van der Waals surface area contributed by atoms with Crippen molar-refractivity contribution in [1.82, 2.24) is 5.06 Å². The molecule has 0 amide bonds. The summed E-state index contributed by atoms with van der Waals surface area (Å²) in [5.41, 5.74) is 0. The molecule has 0 atom stereocenters. The van der Waals surface area contributed by atoms with Crippen molar-refractivity contribution in [3.63, 3.8) is 0 Å². The van der Waals surface area contributed by atoms with E-state index in [1.165, 1.54) is 173 Å². The fourth-order valence-corrected chi connectivity index (χ4v) is 6.34. The Hall–Kier alpha value is -2.41. The largest absolute Gasteiger partial charge is 0.446 e. The van der Waals surface area contributed by atoms with E-state index in [9.17, 15) is 14.4 Å². The molecule has 440 valence electrons. The fourth-order valence-electron chi connectivity index (χ4n) is 6.34. The summed E-state index contributed by atoms with van der Waals surface area (Å²) in [6.45, 7) is 31.9. The van der Waals surface area contributed by atoms with Crippen LogP contribution in [-0.2, 0) is 28.7 Å². The zero-order chi connectivity index (χ0) is 56.4. The molecule has 7 nitrogen and oxygen atoms in total. The summed E-state index contributed by atoms with van der Waals surface area (Å²) >= 11 is 0. The normalized spacial score (nSPS) is 10.4. The van der Waals surface area contributed by atoms with Crippen LogP contribution in [-0.4, -0.2) is 36.4 Å². The van der Waals surface area contributed by atoms with Crippen LogP contribution in [0.4, 0.5) is 0 Å². The summed E-state index contributed by atoms with van der Waals surface area (Å²) in [7, 11) is 0. The predicted octanol–water partition coefficient (Wildman–Crippen LogP) is 23.2. The van der Waals surface area contributed by atoms with Crippen LogP contribution >= 0.6 is 0 Å². The van der Waals surface area contributed by atoms with Crippen molar-refractivity contribution in [3.8, 4) is 0 Å². The molecule has 7 heteroatoms. The summed E-state index contributed by atoms with van der Waals surface area (Å²) in [5, 5.41) is 1.14. The summed E-state index contributed by atoms with van der Waals surface area (Å²) in [5.74, 6) is -1.06. The molecule has 0 saturated heterocycles. The minimum absolute atomic E-state index is 0.235. The van der Waals surface area contributed by atoms with Gasteiger partial charge in [-0.15, -0.1) is 0 Å². The van der Waals surface area contributed by atoms with Crippen LogP contribution in [0.1, 0.15) is 361 Å². The Balaban J connectivity index is -0.000000188. The Kier molecular flexibility index (Phi) is 103. The van der Waals surface area contributed by atoms with Crippen molar-refractivity contribution in [1.29, 1.82) is 0 Å². The van der Waals surface area contributed by atoms with Gasteiger partial charge in [-0.05, 0) is 58.8 Å². The van der Waals surface area contributed by atoms with Crippen LogP contribution in [0.2, 0.25) is 0 Å². The highest BCUT2D eigenvalue weighted by Crippen LogP contribution is 2.12. The summed E-state index contributed by atoms with van der Waals surface area (Å²) < 4.78 is 10.6. The quantitative estimate of drug-likeness (QED) is 0.0198. The van der Waals surface area contributed by atoms with Gasteiger partial charge in [0.2, 0.25) is 0 Å². The van der Waals surface area contributed by atoms with Crippen molar-refractivity contribution < 1.29 is 28.7 Å². The third-order valence-corrected chi connectivity index (χ3v) is 11.5. The van der Waals surface area contributed by atoms with Gasteiger partial charge < -0.3 is 14.3 Å². The van der Waals surface area contributed by atoms with E-state index in [-0.39, 0.29) is 25.4 Å². The summed E-state index contributed by atoms with van der Waals surface area (Å²) in [6, 6.07) is 0. The van der Waals surface area contributed by atoms with E-state index >= 15 is 0 Å². The summed E-state index contributed by atoms with van der Waals surface area (Å²) in [6.07, 6.45) is 59.1. The van der Waals surface area contributed by atoms with Crippen molar-refractivity contribution in [3.05, 3.63) is 36.5 Å². The van der Waals surface area contributed by atoms with Crippen molar-refractivity contribution in [2.75, 3.05) is 13.5 Å². The molecule has 0 aliphatic heterocycles. The molecule has 0 N–H and O–H groups in total. The number of nitrogens with zero attached hydrogens (tertiary/aromatic N) is 1. The lowest BCUT2D eigenvalue weighted by Crippen LogP contribution is -2.34. The highest BCUT2D eigenvalue weighted by Gasteiger charge is 2.17. The van der Waals surface area contributed by atoms with Gasteiger partial charge in [0.25, 0.3) is 0 Å². The number of hydrogen-bond acceptors (Lipinski definition) is 7. The van der Waals surface area contributed by atoms with Crippen molar-refractivity contribution in [2.24, 2.45) is 0 Å². The monoisotopic (exact) mass is 1040 g/mol. The first-order valence-electron chi connectivity index (χ1n) is 31.7. The number of rotatable bonds is 43. The molecular weight excluding hydrogens is 903 g/mol. The number of ether oxygens (including phenoxy) is 2. The molecule has 0 aliphatic carbocycles. The molecule has 0 aromatic rings. The van der Waals surface area contributed by atoms with E-state index in [4.69, 9.17) is 14.3 Å². The Morgan fingerprint density at radius 2 is 0.616 bits per heavy atom. The molecule has 0 fully saturated rings. The number of carbonyl (C=O) groups is 3. The molecular formula is C66H135NO6. The molecule has 0 aromatic heterocycles. The zero-order valence-electron chi connectivity index (χ0n) is 52.6. The van der Waals surface area contributed by atoms with E-state index in [1.807, 2.05) is 20.8 Å². The second-order valence-electron chi connectivity index (χ2n) is 19.0. The van der Waals surface area contributed by atoms with E-state index in [2.05, 4.69) is 120 Å². The Morgan fingerprint density at radius 3 is 0.918 bits per heavy atom.